The Kier molecular flexibility index (Phi) is 7.05. The summed E-state index contributed by atoms with van der Waals surface area (Å²) in [5, 5.41) is 8.30. The molecule has 7 nitrogen and oxygen atoms in total. The van der Waals surface area contributed by atoms with Crippen molar-refractivity contribution in [3.8, 4) is 11.5 Å². The third-order valence-electron chi connectivity index (χ3n) is 3.67. The van der Waals surface area contributed by atoms with E-state index in [4.69, 9.17) is 9.47 Å². The predicted molar refractivity (Wildman–Crippen MR) is 104 cm³/mol. The van der Waals surface area contributed by atoms with Crippen molar-refractivity contribution in [3.63, 3.8) is 0 Å². The quantitative estimate of drug-likeness (QED) is 0.697. The average Bonchev–Trinajstić information content (AvgIpc) is 2.65. The Morgan fingerprint density at radius 2 is 1.67 bits per heavy atom. The number of nitrogens with one attached hydrogen (secondary N) is 3. The molecule has 0 atom stereocenters. The van der Waals surface area contributed by atoms with Gasteiger partial charge in [0.25, 0.3) is 5.91 Å². The van der Waals surface area contributed by atoms with Crippen LogP contribution in [0.15, 0.2) is 42.5 Å². The van der Waals surface area contributed by atoms with Gasteiger partial charge in [0.1, 0.15) is 11.5 Å². The van der Waals surface area contributed by atoms with E-state index in [9.17, 15) is 9.59 Å². The molecule has 0 aromatic heterocycles. The van der Waals surface area contributed by atoms with Gasteiger partial charge in [-0.25, -0.2) is 4.79 Å². The molecule has 144 valence electrons. The van der Waals surface area contributed by atoms with Gasteiger partial charge in [-0.2, -0.15) is 0 Å². The van der Waals surface area contributed by atoms with Crippen molar-refractivity contribution in [1.82, 2.24) is 10.6 Å². The van der Waals surface area contributed by atoms with Gasteiger partial charge in [0.2, 0.25) is 0 Å². The molecule has 0 bridgehead atoms. The largest absolute Gasteiger partial charge is 0.497 e. The molecule has 3 amide bonds. The zero-order valence-corrected chi connectivity index (χ0v) is 16.0. The lowest BCUT2D eigenvalue weighted by atomic mass is 10.1. The topological polar surface area (TPSA) is 88.7 Å². The maximum Gasteiger partial charge on any atom is 0.319 e. The standard InChI is InChI=1S/C20H25N3O4/c1-13(2)22-20(25)23-16-7-5-6-15(10-16)19(24)21-12-14-8-17(26-3)11-18(9-14)27-4/h5-11,13H,12H2,1-4H3,(H,21,24)(H2,22,23,25). The number of carbonyl (C=O) groups excluding carboxylic acids is 2. The molecule has 3 N–H and O–H groups in total. The highest BCUT2D eigenvalue weighted by molar-refractivity contribution is 5.96. The zero-order valence-electron chi connectivity index (χ0n) is 16.0. The molecule has 2 rings (SSSR count). The lowest BCUT2D eigenvalue weighted by Crippen LogP contribution is -2.34. The van der Waals surface area contributed by atoms with Gasteiger partial charge in [-0.15, -0.1) is 0 Å². The van der Waals surface area contributed by atoms with Crippen molar-refractivity contribution in [3.05, 3.63) is 53.6 Å². The average molecular weight is 371 g/mol. The van der Waals surface area contributed by atoms with Crippen LogP contribution in [0.4, 0.5) is 10.5 Å². The Hall–Kier alpha value is -3.22. The Bertz CT molecular complexity index is 783. The van der Waals surface area contributed by atoms with Crippen LogP contribution < -0.4 is 25.4 Å². The van der Waals surface area contributed by atoms with Crippen LogP contribution in [-0.4, -0.2) is 32.2 Å². The van der Waals surface area contributed by atoms with Gasteiger partial charge in [0, 0.05) is 29.9 Å². The second-order valence-corrected chi connectivity index (χ2v) is 6.24. The minimum atomic E-state index is -0.314. The fourth-order valence-electron chi connectivity index (χ4n) is 2.42. The summed E-state index contributed by atoms with van der Waals surface area (Å²) in [6.45, 7) is 4.06. The van der Waals surface area contributed by atoms with Crippen molar-refractivity contribution in [2.24, 2.45) is 0 Å². The first kappa shape index (κ1) is 20.1. The summed E-state index contributed by atoms with van der Waals surface area (Å²) >= 11 is 0. The maximum atomic E-state index is 12.4. The minimum absolute atomic E-state index is 0.0244. The minimum Gasteiger partial charge on any atom is -0.497 e. The molecular weight excluding hydrogens is 346 g/mol. The van der Waals surface area contributed by atoms with E-state index in [1.165, 1.54) is 0 Å². The molecule has 7 heteroatoms. The Morgan fingerprint density at radius 3 is 2.26 bits per heavy atom. The Morgan fingerprint density at radius 1 is 1.00 bits per heavy atom. The number of methoxy groups -OCH3 is 2. The summed E-state index contributed by atoms with van der Waals surface area (Å²) in [6.07, 6.45) is 0. The Balaban J connectivity index is 2.02. The van der Waals surface area contributed by atoms with E-state index >= 15 is 0 Å². The number of carbonyl (C=O) groups is 2. The van der Waals surface area contributed by atoms with Gasteiger partial charge >= 0.3 is 6.03 Å². The van der Waals surface area contributed by atoms with Gasteiger partial charge in [0.05, 0.1) is 14.2 Å². The summed E-state index contributed by atoms with van der Waals surface area (Å²) in [5.41, 5.74) is 1.85. The van der Waals surface area contributed by atoms with Crippen LogP contribution in [0.3, 0.4) is 0 Å². The first-order valence-electron chi connectivity index (χ1n) is 8.59. The molecule has 0 saturated carbocycles. The van der Waals surface area contributed by atoms with Crippen molar-refractivity contribution < 1.29 is 19.1 Å². The normalized spacial score (nSPS) is 10.3. The number of anilines is 1. The third-order valence-corrected chi connectivity index (χ3v) is 3.67. The SMILES string of the molecule is COc1cc(CNC(=O)c2cccc(NC(=O)NC(C)C)c2)cc(OC)c1. The molecular formula is C20H25N3O4. The lowest BCUT2D eigenvalue weighted by Gasteiger charge is -2.12. The van der Waals surface area contributed by atoms with Gasteiger partial charge in [-0.05, 0) is 49.7 Å². The molecule has 0 aliphatic rings. The molecule has 0 spiro atoms. The number of rotatable bonds is 7. The van der Waals surface area contributed by atoms with Gasteiger partial charge in [-0.1, -0.05) is 6.07 Å². The van der Waals surface area contributed by atoms with E-state index in [0.717, 1.165) is 5.56 Å². The summed E-state index contributed by atoms with van der Waals surface area (Å²) in [6, 6.07) is 11.9. The third kappa shape index (κ3) is 6.22. The monoisotopic (exact) mass is 371 g/mol. The van der Waals surface area contributed by atoms with Gasteiger partial charge in [-0.3, -0.25) is 4.79 Å². The molecule has 0 radical (unpaired) electrons. The number of hydrogen-bond acceptors (Lipinski definition) is 4. The fourth-order valence-corrected chi connectivity index (χ4v) is 2.42. The summed E-state index contributed by atoms with van der Waals surface area (Å²) in [4.78, 5) is 24.2. The van der Waals surface area contributed by atoms with E-state index in [-0.39, 0.29) is 18.0 Å². The smallest absolute Gasteiger partial charge is 0.319 e. The van der Waals surface area contributed by atoms with Gasteiger partial charge in [0.15, 0.2) is 0 Å². The highest BCUT2D eigenvalue weighted by Crippen LogP contribution is 2.22. The molecule has 2 aromatic rings. The highest BCUT2D eigenvalue weighted by Gasteiger charge is 2.09. The molecule has 0 unspecified atom stereocenters. The first-order valence-corrected chi connectivity index (χ1v) is 8.59. The van der Waals surface area contributed by atoms with E-state index in [1.807, 2.05) is 26.0 Å². The van der Waals surface area contributed by atoms with Crippen molar-refractivity contribution in [2.45, 2.75) is 26.4 Å². The molecule has 0 aliphatic heterocycles. The van der Waals surface area contributed by atoms with Crippen LogP contribution in [0.5, 0.6) is 11.5 Å². The van der Waals surface area contributed by atoms with Crippen LogP contribution in [0.25, 0.3) is 0 Å². The number of amides is 3. The first-order chi connectivity index (χ1) is 12.9. The summed E-state index contributed by atoms with van der Waals surface area (Å²) in [5.74, 6) is 1.06. The van der Waals surface area contributed by atoms with E-state index < -0.39 is 0 Å². The number of benzene rings is 2. The van der Waals surface area contributed by atoms with Crippen LogP contribution in [0.2, 0.25) is 0 Å². The van der Waals surface area contributed by atoms with Crippen molar-refractivity contribution >= 4 is 17.6 Å². The van der Waals surface area contributed by atoms with E-state index in [1.54, 1.807) is 44.6 Å². The second kappa shape index (κ2) is 9.47. The van der Waals surface area contributed by atoms with Gasteiger partial charge < -0.3 is 25.4 Å². The number of ether oxygens (including phenoxy) is 2. The summed E-state index contributed by atoms with van der Waals surface area (Å²) < 4.78 is 10.5. The van der Waals surface area contributed by atoms with Crippen LogP contribution in [-0.2, 0) is 6.54 Å². The molecule has 0 saturated heterocycles. The number of urea groups is 1. The molecule has 0 heterocycles. The fraction of sp³-hybridized carbons (Fsp3) is 0.300. The van der Waals surface area contributed by atoms with Crippen molar-refractivity contribution in [2.75, 3.05) is 19.5 Å². The van der Waals surface area contributed by atoms with Crippen molar-refractivity contribution in [1.29, 1.82) is 0 Å². The lowest BCUT2D eigenvalue weighted by molar-refractivity contribution is 0.0950. The molecule has 0 fully saturated rings. The predicted octanol–water partition coefficient (Wildman–Crippen LogP) is 3.16. The summed E-state index contributed by atoms with van der Waals surface area (Å²) in [7, 11) is 3.15. The molecule has 2 aromatic carbocycles. The van der Waals surface area contributed by atoms with E-state index in [2.05, 4.69) is 16.0 Å². The van der Waals surface area contributed by atoms with Crippen LogP contribution in [0, 0.1) is 0 Å². The van der Waals surface area contributed by atoms with Crippen LogP contribution in [0.1, 0.15) is 29.8 Å². The number of hydrogen-bond donors (Lipinski definition) is 3. The zero-order chi connectivity index (χ0) is 19.8. The highest BCUT2D eigenvalue weighted by atomic mass is 16.5. The molecule has 0 aliphatic carbocycles. The maximum absolute atomic E-state index is 12.4. The Labute approximate surface area is 159 Å². The van der Waals surface area contributed by atoms with Crippen LogP contribution >= 0.6 is 0 Å². The second-order valence-electron chi connectivity index (χ2n) is 6.24. The molecule has 27 heavy (non-hydrogen) atoms. The van der Waals surface area contributed by atoms with E-state index in [0.29, 0.717) is 29.3 Å².